The van der Waals surface area contributed by atoms with Crippen LogP contribution in [0.25, 0.3) is 0 Å². The maximum atomic E-state index is 12.2. The Hall–Kier alpha value is -1.07. The minimum absolute atomic E-state index is 0.0643. The third-order valence-electron chi connectivity index (χ3n) is 3.21. The fourth-order valence-electron chi connectivity index (χ4n) is 1.96. The molecule has 1 aromatic heterocycles. The van der Waals surface area contributed by atoms with E-state index in [0.717, 1.165) is 0 Å². The van der Waals surface area contributed by atoms with Crippen molar-refractivity contribution in [1.82, 2.24) is 10.2 Å². The van der Waals surface area contributed by atoms with E-state index in [2.05, 4.69) is 25.2 Å². The summed E-state index contributed by atoms with van der Waals surface area (Å²) in [6.45, 7) is 10.8. The molecule has 1 aromatic rings. The fraction of sp³-hybridized carbons (Fsp3) is 0.667. The number of aliphatic hydroxyl groups is 1. The van der Waals surface area contributed by atoms with Crippen molar-refractivity contribution in [2.24, 2.45) is 0 Å². The standard InChI is InChI=1S/C15H26N2O2S/c1-11(2)17(9-12(3)18)14(19)16-10-15(4,5)13-7-6-8-20-13/h6-8,11-12,18H,9-10H2,1-5H3,(H,16,19). The summed E-state index contributed by atoms with van der Waals surface area (Å²) in [4.78, 5) is 15.2. The number of hydrogen-bond donors (Lipinski definition) is 2. The highest BCUT2D eigenvalue weighted by molar-refractivity contribution is 7.10. The minimum Gasteiger partial charge on any atom is -0.392 e. The summed E-state index contributed by atoms with van der Waals surface area (Å²) in [5, 5.41) is 14.5. The predicted octanol–water partition coefficient (Wildman–Crippen LogP) is 2.83. The SMILES string of the molecule is CC(O)CN(C(=O)NCC(C)(C)c1cccs1)C(C)C. The normalized spacial score (nSPS) is 13.3. The summed E-state index contributed by atoms with van der Waals surface area (Å²) in [5.41, 5.74) is -0.0860. The van der Waals surface area contributed by atoms with E-state index in [9.17, 15) is 9.90 Å². The summed E-state index contributed by atoms with van der Waals surface area (Å²) in [6, 6.07) is 4.06. The molecular formula is C15H26N2O2S. The van der Waals surface area contributed by atoms with Gasteiger partial charge in [0.2, 0.25) is 0 Å². The van der Waals surface area contributed by atoms with Crippen LogP contribution >= 0.6 is 11.3 Å². The number of nitrogens with one attached hydrogen (secondary N) is 1. The molecule has 0 fully saturated rings. The Labute approximate surface area is 125 Å². The molecule has 0 spiro atoms. The average molecular weight is 298 g/mol. The lowest BCUT2D eigenvalue weighted by Gasteiger charge is -2.30. The van der Waals surface area contributed by atoms with Gasteiger partial charge in [-0.25, -0.2) is 4.79 Å². The minimum atomic E-state index is -0.520. The molecule has 1 atom stereocenters. The Kier molecular flexibility index (Phi) is 6.02. The van der Waals surface area contributed by atoms with E-state index in [-0.39, 0.29) is 17.5 Å². The molecule has 5 heteroatoms. The molecule has 114 valence electrons. The van der Waals surface area contributed by atoms with Crippen LogP contribution in [-0.4, -0.2) is 41.3 Å². The summed E-state index contributed by atoms with van der Waals surface area (Å²) < 4.78 is 0. The van der Waals surface area contributed by atoms with E-state index < -0.39 is 6.10 Å². The quantitative estimate of drug-likeness (QED) is 0.848. The molecule has 0 radical (unpaired) electrons. The first kappa shape index (κ1) is 17.0. The number of carbonyl (C=O) groups excluding carboxylic acids is 1. The second kappa shape index (κ2) is 7.09. The summed E-state index contributed by atoms with van der Waals surface area (Å²) in [7, 11) is 0. The summed E-state index contributed by atoms with van der Waals surface area (Å²) in [5.74, 6) is 0. The van der Waals surface area contributed by atoms with Gasteiger partial charge in [0.25, 0.3) is 0 Å². The third kappa shape index (κ3) is 4.80. The fourth-order valence-corrected chi connectivity index (χ4v) is 2.81. The average Bonchev–Trinajstić information content (AvgIpc) is 2.87. The number of urea groups is 1. The molecule has 1 heterocycles. The van der Waals surface area contributed by atoms with E-state index in [1.807, 2.05) is 25.3 Å². The van der Waals surface area contributed by atoms with Crippen molar-refractivity contribution in [3.63, 3.8) is 0 Å². The monoisotopic (exact) mass is 298 g/mol. The van der Waals surface area contributed by atoms with Gasteiger partial charge in [0.1, 0.15) is 0 Å². The Balaban J connectivity index is 2.61. The maximum absolute atomic E-state index is 12.2. The van der Waals surface area contributed by atoms with E-state index in [0.29, 0.717) is 13.1 Å². The number of aliphatic hydroxyl groups excluding tert-OH is 1. The second-order valence-electron chi connectivity index (χ2n) is 6.12. The van der Waals surface area contributed by atoms with Crippen LogP contribution in [0.1, 0.15) is 39.5 Å². The Morgan fingerprint density at radius 1 is 1.45 bits per heavy atom. The molecule has 0 aliphatic rings. The van der Waals surface area contributed by atoms with Gasteiger partial charge >= 0.3 is 6.03 Å². The number of carbonyl (C=O) groups is 1. The number of rotatable bonds is 6. The van der Waals surface area contributed by atoms with E-state index in [4.69, 9.17) is 0 Å². The van der Waals surface area contributed by atoms with Crippen LogP contribution in [-0.2, 0) is 5.41 Å². The highest BCUT2D eigenvalue weighted by Gasteiger charge is 2.25. The van der Waals surface area contributed by atoms with Crippen LogP contribution in [0.15, 0.2) is 17.5 Å². The van der Waals surface area contributed by atoms with Crippen LogP contribution in [0.4, 0.5) is 4.79 Å². The Bertz CT molecular complexity index is 414. The van der Waals surface area contributed by atoms with Gasteiger partial charge in [-0.05, 0) is 32.2 Å². The molecule has 0 aliphatic carbocycles. The zero-order chi connectivity index (χ0) is 15.3. The molecule has 1 unspecified atom stereocenters. The highest BCUT2D eigenvalue weighted by atomic mass is 32.1. The van der Waals surface area contributed by atoms with Crippen molar-refractivity contribution >= 4 is 17.4 Å². The highest BCUT2D eigenvalue weighted by Crippen LogP contribution is 2.26. The first-order chi connectivity index (χ1) is 9.24. The van der Waals surface area contributed by atoms with Crippen molar-refractivity contribution in [1.29, 1.82) is 0 Å². The molecular weight excluding hydrogens is 272 g/mol. The van der Waals surface area contributed by atoms with E-state index >= 15 is 0 Å². The van der Waals surface area contributed by atoms with Gasteiger partial charge in [-0.1, -0.05) is 19.9 Å². The van der Waals surface area contributed by atoms with Gasteiger partial charge in [0.05, 0.1) is 6.10 Å². The molecule has 0 aliphatic heterocycles. The summed E-state index contributed by atoms with van der Waals surface area (Å²) >= 11 is 1.70. The predicted molar refractivity (Wildman–Crippen MR) is 84.3 cm³/mol. The van der Waals surface area contributed by atoms with Crippen molar-refractivity contribution in [3.05, 3.63) is 22.4 Å². The smallest absolute Gasteiger partial charge is 0.317 e. The molecule has 0 bridgehead atoms. The lowest BCUT2D eigenvalue weighted by Crippen LogP contribution is -2.49. The van der Waals surface area contributed by atoms with Gasteiger partial charge < -0.3 is 15.3 Å². The topological polar surface area (TPSA) is 52.6 Å². The molecule has 0 saturated carbocycles. The van der Waals surface area contributed by atoms with Gasteiger partial charge in [0, 0.05) is 29.4 Å². The molecule has 0 aromatic carbocycles. The van der Waals surface area contributed by atoms with Gasteiger partial charge in [-0.3, -0.25) is 0 Å². The first-order valence-electron chi connectivity index (χ1n) is 7.00. The van der Waals surface area contributed by atoms with E-state index in [1.165, 1.54) is 4.88 Å². The van der Waals surface area contributed by atoms with Crippen molar-refractivity contribution in [3.8, 4) is 0 Å². The van der Waals surface area contributed by atoms with Crippen LogP contribution in [0.2, 0.25) is 0 Å². The van der Waals surface area contributed by atoms with Gasteiger partial charge in [-0.2, -0.15) is 0 Å². The van der Waals surface area contributed by atoms with E-state index in [1.54, 1.807) is 23.2 Å². The number of nitrogens with zero attached hydrogens (tertiary/aromatic N) is 1. The van der Waals surface area contributed by atoms with Crippen LogP contribution in [0, 0.1) is 0 Å². The molecule has 1 rings (SSSR count). The molecule has 0 saturated heterocycles. The zero-order valence-corrected chi connectivity index (χ0v) is 13.8. The van der Waals surface area contributed by atoms with Crippen molar-refractivity contribution < 1.29 is 9.90 Å². The van der Waals surface area contributed by atoms with Gasteiger partial charge in [0.15, 0.2) is 0 Å². The first-order valence-corrected chi connectivity index (χ1v) is 7.88. The Morgan fingerprint density at radius 3 is 2.55 bits per heavy atom. The summed E-state index contributed by atoms with van der Waals surface area (Å²) in [6.07, 6.45) is -0.520. The maximum Gasteiger partial charge on any atom is 0.317 e. The lowest BCUT2D eigenvalue weighted by molar-refractivity contribution is 0.118. The zero-order valence-electron chi connectivity index (χ0n) is 13.0. The van der Waals surface area contributed by atoms with Crippen molar-refractivity contribution in [2.75, 3.05) is 13.1 Å². The third-order valence-corrected chi connectivity index (χ3v) is 4.45. The van der Waals surface area contributed by atoms with Crippen LogP contribution in [0.3, 0.4) is 0 Å². The molecule has 2 N–H and O–H groups in total. The number of thiophene rings is 1. The Morgan fingerprint density at radius 2 is 2.10 bits per heavy atom. The second-order valence-corrected chi connectivity index (χ2v) is 7.06. The molecule has 4 nitrogen and oxygen atoms in total. The lowest BCUT2D eigenvalue weighted by atomic mass is 9.91. The van der Waals surface area contributed by atoms with Crippen molar-refractivity contribution in [2.45, 2.75) is 52.2 Å². The number of amides is 2. The molecule has 2 amide bonds. The van der Waals surface area contributed by atoms with Crippen LogP contribution in [0.5, 0.6) is 0 Å². The van der Waals surface area contributed by atoms with Gasteiger partial charge in [-0.15, -0.1) is 11.3 Å². The number of hydrogen-bond acceptors (Lipinski definition) is 3. The molecule has 20 heavy (non-hydrogen) atoms. The van der Waals surface area contributed by atoms with Crippen LogP contribution < -0.4 is 5.32 Å². The largest absolute Gasteiger partial charge is 0.392 e.